The van der Waals surface area contributed by atoms with Crippen LogP contribution in [0.1, 0.15) is 0 Å². The monoisotopic (exact) mass is 80.0 g/mol. The molecule has 4 heteroatoms. The summed E-state index contributed by atoms with van der Waals surface area (Å²) >= 11 is -2.36. The van der Waals surface area contributed by atoms with Crippen LogP contribution in [0.15, 0.2) is 0 Å². The largest absolute Gasteiger partial charge is 0.567 e. The highest BCUT2D eigenvalue weighted by Gasteiger charge is 1.42. The van der Waals surface area contributed by atoms with Crippen molar-refractivity contribution in [3.8, 4) is 0 Å². The van der Waals surface area contributed by atoms with Gasteiger partial charge in [-0.15, -0.1) is 0 Å². The van der Waals surface area contributed by atoms with Gasteiger partial charge in [0.1, 0.15) is 0 Å². The zero-order chi connectivity index (χ0) is 3.58. The molecule has 0 saturated heterocycles. The molecule has 0 heterocycles. The first kappa shape index (κ1) is 4.07. The maximum absolute atomic E-state index is 8.78. The molecular formula is H2NO2S-. The molecule has 0 radical (unpaired) electrons. The maximum Gasteiger partial charge on any atom is 0.0497 e. The minimum atomic E-state index is -2.36. The van der Waals surface area contributed by atoms with Crippen LogP contribution in [0.2, 0.25) is 0 Å². The molecule has 3 nitrogen and oxygen atoms in total. The van der Waals surface area contributed by atoms with Crippen LogP contribution in [0.5, 0.6) is 0 Å². The molecule has 1 unspecified atom stereocenters. The van der Waals surface area contributed by atoms with Gasteiger partial charge < -0.3 is 9.69 Å². The van der Waals surface area contributed by atoms with E-state index in [1.807, 2.05) is 0 Å². The molecule has 0 bridgehead atoms. The fourth-order valence-electron chi connectivity index (χ4n) is 0. The molecule has 0 spiro atoms. The van der Waals surface area contributed by atoms with Crippen LogP contribution in [0, 0.1) is 0 Å². The summed E-state index contributed by atoms with van der Waals surface area (Å²) in [6, 6.07) is 0. The minimum absolute atomic E-state index is 2.36. The number of nitrogens with one attached hydrogen (secondary N) is 1. The van der Waals surface area contributed by atoms with Crippen molar-refractivity contribution in [1.82, 2.24) is 0 Å². The Balaban J connectivity index is 2.80. The van der Waals surface area contributed by atoms with Crippen molar-refractivity contribution in [2.45, 2.75) is 0 Å². The second-order valence-electron chi connectivity index (χ2n) is 0.249. The Morgan fingerprint density at radius 1 is 2.00 bits per heavy atom. The van der Waals surface area contributed by atoms with Gasteiger partial charge in [0.2, 0.25) is 0 Å². The molecule has 0 aliphatic carbocycles. The molecule has 0 amide bonds. The fourth-order valence-corrected chi connectivity index (χ4v) is 0. The Bertz CT molecular complexity index is 29.0. The van der Waals surface area contributed by atoms with E-state index in [-0.39, 0.29) is 0 Å². The lowest BCUT2D eigenvalue weighted by Gasteiger charge is -1.78. The Kier molecular flexibility index (Phi) is 1.42. The summed E-state index contributed by atoms with van der Waals surface area (Å²) in [7, 11) is 0. The average molecular weight is 80.1 g/mol. The van der Waals surface area contributed by atoms with Crippen LogP contribution in [0.4, 0.5) is 0 Å². The van der Waals surface area contributed by atoms with Crippen molar-refractivity contribution >= 4 is 11.3 Å². The van der Waals surface area contributed by atoms with Gasteiger partial charge in [-0.3, -0.25) is 4.21 Å². The second-order valence-corrected chi connectivity index (χ2v) is 0.747. The van der Waals surface area contributed by atoms with Gasteiger partial charge >= 0.3 is 0 Å². The molecule has 1 atom stereocenters. The zero-order valence-electron chi connectivity index (χ0n) is 1.76. The van der Waals surface area contributed by atoms with E-state index in [0.717, 1.165) is 0 Å². The van der Waals surface area contributed by atoms with E-state index in [0.29, 0.717) is 0 Å². The van der Waals surface area contributed by atoms with E-state index >= 15 is 0 Å². The summed E-state index contributed by atoms with van der Waals surface area (Å²) < 4.78 is 16.0. The fraction of sp³-hybridized carbons (Fsp3) is 0. The SMILES string of the molecule is [NH-]S(=O)O. The molecule has 0 aliphatic heterocycles. The van der Waals surface area contributed by atoms with E-state index in [1.54, 1.807) is 0 Å². The third kappa shape index (κ3) is 484. The second kappa shape index (κ2) is 1.40. The van der Waals surface area contributed by atoms with E-state index in [2.05, 4.69) is 0 Å². The van der Waals surface area contributed by atoms with Crippen LogP contribution in [-0.4, -0.2) is 8.76 Å². The topological polar surface area (TPSA) is 61.1 Å². The van der Waals surface area contributed by atoms with Crippen LogP contribution >= 0.6 is 0 Å². The minimum Gasteiger partial charge on any atom is -0.567 e. The van der Waals surface area contributed by atoms with Crippen molar-refractivity contribution in [3.05, 3.63) is 5.14 Å². The van der Waals surface area contributed by atoms with Gasteiger partial charge in [0.25, 0.3) is 0 Å². The van der Waals surface area contributed by atoms with Gasteiger partial charge in [-0.25, -0.2) is 0 Å². The summed E-state index contributed by atoms with van der Waals surface area (Å²) in [6.07, 6.45) is 0. The lowest BCUT2D eigenvalue weighted by atomic mass is 13.9. The van der Waals surface area contributed by atoms with Crippen molar-refractivity contribution in [2.75, 3.05) is 0 Å². The number of hydrogen-bond donors (Lipinski definition) is 1. The summed E-state index contributed by atoms with van der Waals surface area (Å²) in [5, 5.41) is 5.61. The molecule has 0 aromatic carbocycles. The average Bonchev–Trinajstić information content (AvgIpc) is 0.811. The van der Waals surface area contributed by atoms with Gasteiger partial charge in [-0.1, -0.05) is 0 Å². The predicted octanol–water partition coefficient (Wildman–Crippen LogP) is 0.175. The van der Waals surface area contributed by atoms with Crippen LogP contribution in [0.3, 0.4) is 0 Å². The van der Waals surface area contributed by atoms with Crippen molar-refractivity contribution in [3.63, 3.8) is 0 Å². The molecular weight excluding hydrogens is 78.1 g/mol. The molecule has 4 heavy (non-hydrogen) atoms. The Morgan fingerprint density at radius 2 is 2.00 bits per heavy atom. The summed E-state index contributed by atoms with van der Waals surface area (Å²) in [6.45, 7) is 0. The first-order valence-corrected chi connectivity index (χ1v) is 1.66. The molecule has 0 fully saturated rings. The lowest BCUT2D eigenvalue weighted by Crippen LogP contribution is -1.64. The molecule has 26 valence electrons. The standard InChI is InChI=1S/H2NO2S/c1-4(2)3/h1H,(H,2,3)/q-1. The maximum atomic E-state index is 8.78. The lowest BCUT2D eigenvalue weighted by molar-refractivity contribution is 0.574. The third-order valence-corrected chi connectivity index (χ3v) is 0. The summed E-state index contributed by atoms with van der Waals surface area (Å²) in [4.78, 5) is 0. The van der Waals surface area contributed by atoms with Crippen molar-refractivity contribution in [2.24, 2.45) is 0 Å². The van der Waals surface area contributed by atoms with Gasteiger partial charge in [-0.05, 0) is 0 Å². The van der Waals surface area contributed by atoms with E-state index in [4.69, 9.17) is 13.9 Å². The quantitative estimate of drug-likeness (QED) is 0.422. The van der Waals surface area contributed by atoms with Crippen molar-refractivity contribution in [1.29, 1.82) is 0 Å². The van der Waals surface area contributed by atoms with Crippen LogP contribution < -0.4 is 0 Å². The summed E-state index contributed by atoms with van der Waals surface area (Å²) in [5.41, 5.74) is 0. The Morgan fingerprint density at radius 3 is 2.00 bits per heavy atom. The zero-order valence-corrected chi connectivity index (χ0v) is 2.58. The van der Waals surface area contributed by atoms with Gasteiger partial charge in [0.15, 0.2) is 0 Å². The van der Waals surface area contributed by atoms with E-state index in [1.165, 1.54) is 0 Å². The van der Waals surface area contributed by atoms with Crippen LogP contribution in [-0.2, 0) is 11.3 Å². The first-order valence-electron chi connectivity index (χ1n) is 0.553. The molecule has 2 N–H and O–H groups in total. The summed E-state index contributed by atoms with van der Waals surface area (Å²) in [5.74, 6) is 0. The highest BCUT2D eigenvalue weighted by atomic mass is 32.2. The molecule has 0 aliphatic rings. The molecule has 0 rings (SSSR count). The number of rotatable bonds is 0. The normalized spacial score (nSPS) is 15.5. The Labute approximate surface area is 26.2 Å². The highest BCUT2D eigenvalue weighted by Crippen LogP contribution is 1.58. The van der Waals surface area contributed by atoms with E-state index < -0.39 is 11.3 Å². The van der Waals surface area contributed by atoms with Crippen LogP contribution in [0.25, 0.3) is 5.14 Å². The van der Waals surface area contributed by atoms with Crippen molar-refractivity contribution < 1.29 is 8.76 Å². The third-order valence-electron chi connectivity index (χ3n) is 0. The van der Waals surface area contributed by atoms with Gasteiger partial charge in [0, 0.05) is 11.3 Å². The molecule has 0 aromatic heterocycles. The molecule has 0 saturated carbocycles. The van der Waals surface area contributed by atoms with Gasteiger partial charge in [-0.2, -0.15) is 0 Å². The number of hydrogen-bond acceptors (Lipinski definition) is 1. The highest BCUT2D eigenvalue weighted by molar-refractivity contribution is 7.80. The Hall–Kier alpha value is 0.0700. The van der Waals surface area contributed by atoms with E-state index in [9.17, 15) is 0 Å². The first-order chi connectivity index (χ1) is 1.73. The molecule has 0 aromatic rings. The predicted molar refractivity (Wildman–Crippen MR) is 15.1 cm³/mol. The van der Waals surface area contributed by atoms with Gasteiger partial charge in [0.05, 0.1) is 0 Å². The smallest absolute Gasteiger partial charge is 0.0497 e.